The number of aromatic nitrogens is 3. The third-order valence-corrected chi connectivity index (χ3v) is 4.29. The molecule has 4 aromatic rings. The Kier molecular flexibility index (Phi) is 4.29. The molecular formula is C20H15N5O3. The summed E-state index contributed by atoms with van der Waals surface area (Å²) in [6.45, 7) is 1.79. The molecule has 2 aromatic carbocycles. The van der Waals surface area contributed by atoms with E-state index >= 15 is 0 Å². The molecule has 0 spiro atoms. The van der Waals surface area contributed by atoms with Gasteiger partial charge >= 0.3 is 0 Å². The Labute approximate surface area is 158 Å². The van der Waals surface area contributed by atoms with Crippen molar-refractivity contribution in [1.82, 2.24) is 26.0 Å². The van der Waals surface area contributed by atoms with Crippen molar-refractivity contribution in [1.29, 1.82) is 0 Å². The SMILES string of the molecule is Cc1cc(C(=O)NNC(=O)c2n[nH]c(=O)c3ccccc23)c2ccccc2n1. The number of hydrazine groups is 1. The first-order chi connectivity index (χ1) is 13.5. The van der Waals surface area contributed by atoms with E-state index in [2.05, 4.69) is 26.0 Å². The molecule has 0 aliphatic heterocycles. The number of para-hydroxylation sites is 1. The predicted octanol–water partition coefficient (Wildman–Crippen LogP) is 1.85. The Balaban J connectivity index is 1.61. The molecule has 0 aliphatic carbocycles. The van der Waals surface area contributed by atoms with Crippen molar-refractivity contribution in [3.63, 3.8) is 0 Å². The number of rotatable bonds is 2. The van der Waals surface area contributed by atoms with Crippen molar-refractivity contribution in [2.75, 3.05) is 0 Å². The number of nitrogens with one attached hydrogen (secondary N) is 3. The van der Waals surface area contributed by atoms with Crippen LogP contribution in [0.1, 0.15) is 26.5 Å². The summed E-state index contributed by atoms with van der Waals surface area (Å²) in [5.41, 5.74) is 6.12. The molecular weight excluding hydrogens is 358 g/mol. The fourth-order valence-electron chi connectivity index (χ4n) is 3.02. The number of aryl methyl sites for hydroxylation is 1. The topological polar surface area (TPSA) is 117 Å². The summed E-state index contributed by atoms with van der Waals surface area (Å²) in [6, 6.07) is 15.5. The summed E-state index contributed by atoms with van der Waals surface area (Å²) in [7, 11) is 0. The van der Waals surface area contributed by atoms with Crippen LogP contribution in [0, 0.1) is 6.92 Å². The molecule has 0 unspecified atom stereocenters. The first-order valence-corrected chi connectivity index (χ1v) is 8.49. The summed E-state index contributed by atoms with van der Waals surface area (Å²) in [5.74, 6) is -1.13. The van der Waals surface area contributed by atoms with Gasteiger partial charge in [0.1, 0.15) is 0 Å². The van der Waals surface area contributed by atoms with Crippen LogP contribution in [0.5, 0.6) is 0 Å². The van der Waals surface area contributed by atoms with Gasteiger partial charge < -0.3 is 0 Å². The number of hydrogen-bond acceptors (Lipinski definition) is 5. The van der Waals surface area contributed by atoms with Crippen LogP contribution in [0.15, 0.2) is 59.4 Å². The molecule has 28 heavy (non-hydrogen) atoms. The lowest BCUT2D eigenvalue weighted by Crippen LogP contribution is -2.42. The summed E-state index contributed by atoms with van der Waals surface area (Å²) in [5, 5.41) is 7.50. The van der Waals surface area contributed by atoms with Gasteiger partial charge in [-0.05, 0) is 25.1 Å². The monoisotopic (exact) mass is 373 g/mol. The molecule has 3 N–H and O–H groups in total. The maximum atomic E-state index is 12.6. The minimum absolute atomic E-state index is 0.00580. The van der Waals surface area contributed by atoms with Crippen molar-refractivity contribution < 1.29 is 9.59 Å². The number of fused-ring (bicyclic) bond motifs is 2. The third kappa shape index (κ3) is 3.07. The van der Waals surface area contributed by atoms with Gasteiger partial charge in [0.25, 0.3) is 17.4 Å². The van der Waals surface area contributed by atoms with E-state index in [0.29, 0.717) is 32.9 Å². The van der Waals surface area contributed by atoms with Gasteiger partial charge in [-0.1, -0.05) is 36.4 Å². The zero-order chi connectivity index (χ0) is 19.7. The van der Waals surface area contributed by atoms with Crippen LogP contribution >= 0.6 is 0 Å². The summed E-state index contributed by atoms with van der Waals surface area (Å²) >= 11 is 0. The summed E-state index contributed by atoms with van der Waals surface area (Å²) < 4.78 is 0. The number of benzene rings is 2. The van der Waals surface area contributed by atoms with Gasteiger partial charge in [-0.25, -0.2) is 5.10 Å². The number of pyridine rings is 1. The van der Waals surface area contributed by atoms with E-state index in [9.17, 15) is 14.4 Å². The minimum Gasteiger partial charge on any atom is -0.267 e. The highest BCUT2D eigenvalue weighted by molar-refractivity contribution is 6.09. The van der Waals surface area contributed by atoms with Gasteiger partial charge in [0.2, 0.25) is 0 Å². The van der Waals surface area contributed by atoms with Crippen LogP contribution in [0.25, 0.3) is 21.7 Å². The van der Waals surface area contributed by atoms with E-state index in [0.717, 1.165) is 0 Å². The Bertz CT molecular complexity index is 1300. The van der Waals surface area contributed by atoms with Crippen LogP contribution < -0.4 is 16.4 Å². The second kappa shape index (κ2) is 6.92. The second-order valence-corrected chi connectivity index (χ2v) is 6.18. The first-order valence-electron chi connectivity index (χ1n) is 8.49. The molecule has 0 bridgehead atoms. The third-order valence-electron chi connectivity index (χ3n) is 4.29. The number of H-pyrrole nitrogens is 1. The Morgan fingerprint density at radius 2 is 1.54 bits per heavy atom. The number of amides is 2. The summed E-state index contributed by atoms with van der Waals surface area (Å²) in [4.78, 5) is 41.4. The maximum Gasteiger partial charge on any atom is 0.290 e. The number of carbonyl (C=O) groups excluding carboxylic acids is 2. The van der Waals surface area contributed by atoms with Gasteiger partial charge in [-0.3, -0.25) is 30.2 Å². The zero-order valence-corrected chi connectivity index (χ0v) is 14.8. The molecule has 0 fully saturated rings. The van der Waals surface area contributed by atoms with E-state index in [1.54, 1.807) is 43.3 Å². The maximum absolute atomic E-state index is 12.6. The lowest BCUT2D eigenvalue weighted by atomic mass is 10.1. The van der Waals surface area contributed by atoms with Crippen LogP contribution in [0.3, 0.4) is 0 Å². The molecule has 8 nitrogen and oxygen atoms in total. The summed E-state index contributed by atoms with van der Waals surface area (Å²) in [6.07, 6.45) is 0. The molecule has 2 amide bonds. The highest BCUT2D eigenvalue weighted by Gasteiger charge is 2.16. The van der Waals surface area contributed by atoms with Crippen LogP contribution in [0.4, 0.5) is 0 Å². The molecule has 2 heterocycles. The molecule has 8 heteroatoms. The van der Waals surface area contributed by atoms with E-state index in [1.807, 2.05) is 18.2 Å². The normalized spacial score (nSPS) is 10.8. The van der Waals surface area contributed by atoms with Crippen molar-refractivity contribution >= 4 is 33.5 Å². The highest BCUT2D eigenvalue weighted by atomic mass is 16.2. The number of carbonyl (C=O) groups is 2. The van der Waals surface area contributed by atoms with Crippen molar-refractivity contribution in [3.8, 4) is 0 Å². The number of nitrogens with zero attached hydrogens (tertiary/aromatic N) is 2. The molecule has 138 valence electrons. The van der Waals surface area contributed by atoms with Gasteiger partial charge in [0.05, 0.1) is 16.5 Å². The van der Waals surface area contributed by atoms with Crippen LogP contribution in [-0.4, -0.2) is 27.0 Å². The standard InChI is InChI=1S/C20H15N5O3/c1-11-10-15(12-6-4-5-9-16(12)21-11)19(27)24-25-20(28)17-13-7-2-3-8-14(13)18(26)23-22-17/h2-10H,1H3,(H,23,26)(H,24,27)(H,25,28). The Morgan fingerprint density at radius 1 is 0.893 bits per heavy atom. The van der Waals surface area contributed by atoms with Gasteiger partial charge in [0, 0.05) is 16.5 Å². The molecule has 0 atom stereocenters. The number of aromatic amines is 1. The fraction of sp³-hybridized carbons (Fsp3) is 0.0500. The molecule has 0 aliphatic rings. The number of hydrogen-bond donors (Lipinski definition) is 3. The van der Waals surface area contributed by atoms with E-state index < -0.39 is 17.4 Å². The lowest BCUT2D eigenvalue weighted by molar-refractivity contribution is 0.0845. The largest absolute Gasteiger partial charge is 0.290 e. The van der Waals surface area contributed by atoms with Gasteiger partial charge in [-0.2, -0.15) is 5.10 Å². The first kappa shape index (κ1) is 17.3. The van der Waals surface area contributed by atoms with Crippen molar-refractivity contribution in [3.05, 3.63) is 81.9 Å². The molecule has 0 radical (unpaired) electrons. The fourth-order valence-corrected chi connectivity index (χ4v) is 3.02. The van der Waals surface area contributed by atoms with Crippen LogP contribution in [-0.2, 0) is 0 Å². The van der Waals surface area contributed by atoms with Crippen molar-refractivity contribution in [2.24, 2.45) is 0 Å². The van der Waals surface area contributed by atoms with E-state index in [-0.39, 0.29) is 5.69 Å². The minimum atomic E-state index is -0.643. The predicted molar refractivity (Wildman–Crippen MR) is 104 cm³/mol. The van der Waals surface area contributed by atoms with Gasteiger partial charge in [-0.15, -0.1) is 0 Å². The Hall–Kier alpha value is -4.07. The average molecular weight is 373 g/mol. The smallest absolute Gasteiger partial charge is 0.267 e. The quantitative estimate of drug-likeness (QED) is 0.464. The molecule has 4 rings (SSSR count). The zero-order valence-electron chi connectivity index (χ0n) is 14.8. The van der Waals surface area contributed by atoms with Crippen LogP contribution in [0.2, 0.25) is 0 Å². The molecule has 0 saturated heterocycles. The lowest BCUT2D eigenvalue weighted by Gasteiger charge is -2.10. The second-order valence-electron chi connectivity index (χ2n) is 6.18. The van der Waals surface area contributed by atoms with E-state index in [1.165, 1.54) is 0 Å². The average Bonchev–Trinajstić information content (AvgIpc) is 2.71. The van der Waals surface area contributed by atoms with Gasteiger partial charge in [0.15, 0.2) is 5.69 Å². The highest BCUT2D eigenvalue weighted by Crippen LogP contribution is 2.18. The van der Waals surface area contributed by atoms with E-state index in [4.69, 9.17) is 0 Å². The molecule has 2 aromatic heterocycles. The Morgan fingerprint density at radius 3 is 2.32 bits per heavy atom. The van der Waals surface area contributed by atoms with Crippen molar-refractivity contribution in [2.45, 2.75) is 6.92 Å². The molecule has 0 saturated carbocycles.